The van der Waals surface area contributed by atoms with E-state index in [1.165, 1.54) is 4.68 Å². The highest BCUT2D eigenvalue weighted by Gasteiger charge is 2.32. The Kier molecular flexibility index (Phi) is 4.28. The molecule has 2 aliphatic heterocycles. The predicted octanol–water partition coefficient (Wildman–Crippen LogP) is 2.15. The Hall–Kier alpha value is -3.16. The van der Waals surface area contributed by atoms with Crippen molar-refractivity contribution >= 4 is 22.7 Å². The molecule has 3 aromatic heterocycles. The van der Waals surface area contributed by atoms with Gasteiger partial charge in [0.15, 0.2) is 0 Å². The fraction of sp³-hybridized carbons (Fsp3) is 0.500. The first kappa shape index (κ1) is 17.7. The maximum Gasteiger partial charge on any atom is 0.257 e. The molecule has 2 saturated heterocycles. The highest BCUT2D eigenvalue weighted by molar-refractivity contribution is 5.79. The summed E-state index contributed by atoms with van der Waals surface area (Å²) in [5.74, 6) is 0.869. The smallest absolute Gasteiger partial charge is 0.257 e. The number of aryl methyl sites for hydroxylation is 1. The van der Waals surface area contributed by atoms with E-state index in [0.29, 0.717) is 48.7 Å². The van der Waals surface area contributed by atoms with Crippen LogP contribution in [0.5, 0.6) is 5.88 Å². The quantitative estimate of drug-likeness (QED) is 0.681. The van der Waals surface area contributed by atoms with Crippen LogP contribution in [0.15, 0.2) is 18.4 Å². The van der Waals surface area contributed by atoms with Gasteiger partial charge in [-0.25, -0.2) is 4.98 Å². The summed E-state index contributed by atoms with van der Waals surface area (Å²) in [5, 5.41) is 17.8. The highest BCUT2D eigenvalue weighted by Crippen LogP contribution is 2.33. The van der Waals surface area contributed by atoms with Crippen LogP contribution < -0.4 is 10.1 Å². The summed E-state index contributed by atoms with van der Waals surface area (Å²) in [6, 6.07) is 4.07. The van der Waals surface area contributed by atoms with E-state index in [1.54, 1.807) is 19.3 Å². The highest BCUT2D eigenvalue weighted by atomic mass is 16.6. The molecule has 5 rings (SSSR count). The second-order valence-corrected chi connectivity index (χ2v) is 7.80. The molecule has 3 aromatic rings. The number of nitrogens with zero attached hydrogens (tertiary/aromatic N) is 6. The van der Waals surface area contributed by atoms with Crippen molar-refractivity contribution in [3.63, 3.8) is 0 Å². The SMILES string of the molecule is [2H]c1c(Nc2ncc3cc(C#N)n([C@H]4COC[C@@H]4C)c3n2)c(OC2COC2C)nn1C. The summed E-state index contributed by atoms with van der Waals surface area (Å²) in [7, 11) is 1.68. The van der Waals surface area contributed by atoms with E-state index in [0.717, 1.165) is 5.39 Å². The van der Waals surface area contributed by atoms with Gasteiger partial charge in [-0.3, -0.25) is 4.68 Å². The average molecular weight is 410 g/mol. The fourth-order valence-corrected chi connectivity index (χ4v) is 3.81. The van der Waals surface area contributed by atoms with Crippen LogP contribution in [0.2, 0.25) is 0 Å². The number of aromatic nitrogens is 5. The normalized spacial score (nSPS) is 26.3. The van der Waals surface area contributed by atoms with Gasteiger partial charge in [-0.1, -0.05) is 6.92 Å². The lowest BCUT2D eigenvalue weighted by Gasteiger charge is -2.33. The number of rotatable bonds is 5. The lowest BCUT2D eigenvalue weighted by molar-refractivity contribution is -0.140. The molecule has 10 heteroatoms. The number of ether oxygens (including phenoxy) is 3. The van der Waals surface area contributed by atoms with Gasteiger partial charge in [0, 0.05) is 24.5 Å². The third-order valence-electron chi connectivity index (χ3n) is 5.62. The molecule has 0 spiro atoms. The summed E-state index contributed by atoms with van der Waals surface area (Å²) in [6.45, 7) is 5.69. The Morgan fingerprint density at radius 1 is 1.37 bits per heavy atom. The number of anilines is 2. The monoisotopic (exact) mass is 410 g/mol. The van der Waals surface area contributed by atoms with Crippen LogP contribution >= 0.6 is 0 Å². The zero-order valence-corrected chi connectivity index (χ0v) is 17.0. The molecule has 0 saturated carbocycles. The molecule has 0 aromatic carbocycles. The predicted molar refractivity (Wildman–Crippen MR) is 108 cm³/mol. The fourth-order valence-electron chi connectivity index (χ4n) is 3.81. The van der Waals surface area contributed by atoms with Crippen LogP contribution in [-0.2, 0) is 16.5 Å². The zero-order chi connectivity index (χ0) is 21.7. The Morgan fingerprint density at radius 3 is 2.90 bits per heavy atom. The van der Waals surface area contributed by atoms with Gasteiger partial charge in [-0.05, 0) is 13.0 Å². The van der Waals surface area contributed by atoms with Crippen molar-refractivity contribution in [2.75, 3.05) is 25.1 Å². The first-order chi connectivity index (χ1) is 15.0. The van der Waals surface area contributed by atoms with Crippen molar-refractivity contribution in [3.05, 3.63) is 24.1 Å². The second-order valence-electron chi connectivity index (χ2n) is 7.80. The molecule has 2 aliphatic rings. The van der Waals surface area contributed by atoms with Crippen LogP contribution in [0.25, 0.3) is 11.0 Å². The lowest BCUT2D eigenvalue weighted by atomic mass is 10.1. The van der Waals surface area contributed by atoms with Gasteiger partial charge in [0.05, 0.1) is 39.5 Å². The van der Waals surface area contributed by atoms with Gasteiger partial charge in [0.2, 0.25) is 5.95 Å². The molecule has 2 fully saturated rings. The Morgan fingerprint density at radius 2 is 2.23 bits per heavy atom. The van der Waals surface area contributed by atoms with E-state index < -0.39 is 0 Å². The Labute approximate surface area is 174 Å². The molecular weight excluding hydrogens is 386 g/mol. The summed E-state index contributed by atoms with van der Waals surface area (Å²) in [4.78, 5) is 9.05. The van der Waals surface area contributed by atoms with E-state index in [-0.39, 0.29) is 30.3 Å². The van der Waals surface area contributed by atoms with E-state index >= 15 is 0 Å². The number of nitrogens with one attached hydrogen (secondary N) is 1. The van der Waals surface area contributed by atoms with Gasteiger partial charge < -0.3 is 24.1 Å². The Bertz CT molecular complexity index is 1180. The van der Waals surface area contributed by atoms with Crippen LogP contribution in [0.4, 0.5) is 11.6 Å². The summed E-state index contributed by atoms with van der Waals surface area (Å²) < 4.78 is 28.6. The maximum absolute atomic E-state index is 9.64. The molecule has 0 aliphatic carbocycles. The van der Waals surface area contributed by atoms with E-state index in [9.17, 15) is 5.26 Å². The van der Waals surface area contributed by atoms with Crippen molar-refractivity contribution in [1.29, 1.82) is 5.26 Å². The van der Waals surface area contributed by atoms with E-state index in [2.05, 4.69) is 33.4 Å². The number of hydrogen-bond acceptors (Lipinski definition) is 8. The van der Waals surface area contributed by atoms with Gasteiger partial charge in [0.1, 0.15) is 29.2 Å². The van der Waals surface area contributed by atoms with Crippen molar-refractivity contribution in [2.45, 2.75) is 32.1 Å². The molecule has 0 radical (unpaired) electrons. The van der Waals surface area contributed by atoms with Crippen LogP contribution in [0.3, 0.4) is 0 Å². The molecule has 4 atom stereocenters. The minimum Gasteiger partial charge on any atom is -0.467 e. The Balaban J connectivity index is 1.51. The van der Waals surface area contributed by atoms with Crippen molar-refractivity contribution < 1.29 is 15.6 Å². The van der Waals surface area contributed by atoms with Crippen LogP contribution in [0.1, 0.15) is 27.0 Å². The molecule has 5 heterocycles. The number of fused-ring (bicyclic) bond motifs is 1. The molecule has 0 amide bonds. The lowest BCUT2D eigenvalue weighted by Crippen LogP contribution is -2.46. The average Bonchev–Trinajstić information content (AvgIpc) is 3.41. The molecule has 10 nitrogen and oxygen atoms in total. The summed E-state index contributed by atoms with van der Waals surface area (Å²) in [5.41, 5.74) is 1.56. The van der Waals surface area contributed by atoms with Gasteiger partial charge in [-0.2, -0.15) is 10.2 Å². The van der Waals surface area contributed by atoms with Crippen molar-refractivity contribution in [1.82, 2.24) is 24.3 Å². The summed E-state index contributed by atoms with van der Waals surface area (Å²) >= 11 is 0. The van der Waals surface area contributed by atoms with E-state index in [1.807, 2.05) is 11.5 Å². The third-order valence-corrected chi connectivity index (χ3v) is 5.62. The van der Waals surface area contributed by atoms with Gasteiger partial charge in [-0.15, -0.1) is 5.10 Å². The van der Waals surface area contributed by atoms with Crippen molar-refractivity contribution in [2.24, 2.45) is 13.0 Å². The number of hydrogen-bond donors (Lipinski definition) is 1. The largest absolute Gasteiger partial charge is 0.467 e. The van der Waals surface area contributed by atoms with Crippen LogP contribution in [0, 0.1) is 17.2 Å². The standard InChI is InChI=1S/C20H23N7O3/c1-11-8-28-9-16(11)27-14(5-21)4-13-6-22-20(24-18(13)27)23-15-7-26(3)25-19(15)30-17-10-29-12(17)2/h4,6-7,11-12,16-17H,8-10H2,1-3H3,(H,22,23,24)/t11-,12?,16-,17?/m0/s1/i7D. The minimum absolute atomic E-state index is 0.0269. The van der Waals surface area contributed by atoms with Crippen molar-refractivity contribution in [3.8, 4) is 11.9 Å². The molecule has 1 N–H and O–H groups in total. The second kappa shape index (κ2) is 7.27. The molecule has 156 valence electrons. The van der Waals surface area contributed by atoms with Gasteiger partial charge >= 0.3 is 0 Å². The molecule has 0 bridgehead atoms. The zero-order valence-electron chi connectivity index (χ0n) is 18.0. The molecule has 2 unspecified atom stereocenters. The first-order valence-corrected chi connectivity index (χ1v) is 9.91. The van der Waals surface area contributed by atoms with Crippen LogP contribution in [-0.4, -0.2) is 56.3 Å². The molecule has 30 heavy (non-hydrogen) atoms. The topological polar surface area (TPSA) is 112 Å². The number of nitriles is 1. The van der Waals surface area contributed by atoms with Gasteiger partial charge in [0.25, 0.3) is 5.88 Å². The van der Waals surface area contributed by atoms with E-state index in [4.69, 9.17) is 15.6 Å². The molecular formula is C20H23N7O3. The maximum atomic E-state index is 9.64. The first-order valence-electron chi connectivity index (χ1n) is 10.4. The summed E-state index contributed by atoms with van der Waals surface area (Å²) in [6.07, 6.45) is 1.68. The minimum atomic E-state index is -0.113. The third kappa shape index (κ3) is 3.16.